The summed E-state index contributed by atoms with van der Waals surface area (Å²) in [5, 5.41) is 10.7. The third-order valence-corrected chi connectivity index (χ3v) is 3.53. The third kappa shape index (κ3) is 5.30. The van der Waals surface area contributed by atoms with Crippen molar-refractivity contribution in [2.75, 3.05) is 6.61 Å². The van der Waals surface area contributed by atoms with Crippen LogP contribution in [0.3, 0.4) is 0 Å². The van der Waals surface area contributed by atoms with E-state index in [0.29, 0.717) is 13.0 Å². The first-order chi connectivity index (χ1) is 12.5. The number of rotatable bonds is 7. The molecule has 2 rings (SSSR count). The van der Waals surface area contributed by atoms with Crippen LogP contribution in [-0.4, -0.2) is 23.3 Å². The number of para-hydroxylation sites is 1. The van der Waals surface area contributed by atoms with Crippen LogP contribution in [0.25, 0.3) is 0 Å². The first-order valence-corrected chi connectivity index (χ1v) is 8.05. The van der Waals surface area contributed by atoms with Gasteiger partial charge in [-0.25, -0.2) is 0 Å². The van der Waals surface area contributed by atoms with Gasteiger partial charge in [0.2, 0.25) is 5.91 Å². The minimum atomic E-state index is -0.628. The number of nitrogens with zero attached hydrogens (tertiary/aromatic N) is 1. The zero-order valence-electron chi connectivity index (χ0n) is 14.2. The highest BCUT2D eigenvalue weighted by molar-refractivity contribution is 5.95. The summed E-state index contributed by atoms with van der Waals surface area (Å²) in [7, 11) is 0. The number of hydrazine groups is 1. The highest BCUT2D eigenvalue weighted by Gasteiger charge is 2.12. The van der Waals surface area contributed by atoms with Gasteiger partial charge in [-0.15, -0.1) is 0 Å². The minimum Gasteiger partial charge on any atom is -0.494 e. The quantitative estimate of drug-likeness (QED) is 0.584. The number of ether oxygens (including phenoxy) is 1. The fraction of sp³-hybridized carbons (Fsp3) is 0.222. The van der Waals surface area contributed by atoms with Crippen molar-refractivity contribution in [3.8, 4) is 5.75 Å². The maximum atomic E-state index is 12.0. The number of nitro groups is 1. The molecule has 0 aliphatic rings. The number of hydrogen-bond donors (Lipinski definition) is 2. The number of benzene rings is 2. The SMILES string of the molecule is CCOc1ccccc1CCC(=O)NNC(=O)c1cccc([N+](=O)[O-])c1. The van der Waals surface area contributed by atoms with E-state index in [1.54, 1.807) is 0 Å². The summed E-state index contributed by atoms with van der Waals surface area (Å²) in [6, 6.07) is 12.7. The maximum Gasteiger partial charge on any atom is 0.270 e. The minimum absolute atomic E-state index is 0.0844. The molecule has 0 heterocycles. The van der Waals surface area contributed by atoms with Crippen molar-refractivity contribution in [2.24, 2.45) is 0 Å². The molecule has 0 bridgehead atoms. The smallest absolute Gasteiger partial charge is 0.270 e. The van der Waals surface area contributed by atoms with E-state index in [9.17, 15) is 19.7 Å². The van der Waals surface area contributed by atoms with Crippen molar-refractivity contribution in [2.45, 2.75) is 19.8 Å². The normalized spacial score (nSPS) is 10.0. The van der Waals surface area contributed by atoms with Crippen LogP contribution in [0, 0.1) is 10.1 Å². The van der Waals surface area contributed by atoms with Gasteiger partial charge in [0.1, 0.15) is 5.75 Å². The van der Waals surface area contributed by atoms with Gasteiger partial charge in [0.25, 0.3) is 11.6 Å². The van der Waals surface area contributed by atoms with E-state index in [1.165, 1.54) is 18.2 Å². The Labute approximate surface area is 150 Å². The van der Waals surface area contributed by atoms with E-state index in [2.05, 4.69) is 10.9 Å². The Morgan fingerprint density at radius 1 is 1.12 bits per heavy atom. The van der Waals surface area contributed by atoms with Crippen LogP contribution >= 0.6 is 0 Å². The van der Waals surface area contributed by atoms with Gasteiger partial charge in [-0.05, 0) is 31.0 Å². The molecule has 2 aromatic rings. The first-order valence-electron chi connectivity index (χ1n) is 8.05. The number of hydrogen-bond acceptors (Lipinski definition) is 5. The van der Waals surface area contributed by atoms with Crippen molar-refractivity contribution in [3.63, 3.8) is 0 Å². The van der Waals surface area contributed by atoms with Crippen LogP contribution in [0.15, 0.2) is 48.5 Å². The zero-order valence-corrected chi connectivity index (χ0v) is 14.2. The van der Waals surface area contributed by atoms with Crippen molar-refractivity contribution < 1.29 is 19.2 Å². The second-order valence-corrected chi connectivity index (χ2v) is 5.35. The van der Waals surface area contributed by atoms with Crippen LogP contribution in [0.4, 0.5) is 5.69 Å². The monoisotopic (exact) mass is 357 g/mol. The Bertz CT molecular complexity index is 807. The molecule has 2 aromatic carbocycles. The van der Waals surface area contributed by atoms with Gasteiger partial charge < -0.3 is 4.74 Å². The zero-order chi connectivity index (χ0) is 18.9. The topological polar surface area (TPSA) is 111 Å². The van der Waals surface area contributed by atoms with Gasteiger partial charge in [-0.1, -0.05) is 24.3 Å². The van der Waals surface area contributed by atoms with Crippen LogP contribution < -0.4 is 15.6 Å². The molecule has 8 nitrogen and oxygen atoms in total. The molecule has 0 saturated heterocycles. The maximum absolute atomic E-state index is 12.0. The van der Waals surface area contributed by atoms with Gasteiger partial charge in [0, 0.05) is 24.1 Å². The summed E-state index contributed by atoms with van der Waals surface area (Å²) in [4.78, 5) is 34.0. The van der Waals surface area contributed by atoms with E-state index in [4.69, 9.17) is 4.74 Å². The van der Waals surface area contributed by atoms with Crippen LogP contribution in [-0.2, 0) is 11.2 Å². The Morgan fingerprint density at radius 2 is 1.88 bits per heavy atom. The summed E-state index contributed by atoms with van der Waals surface area (Å²) >= 11 is 0. The number of carbonyl (C=O) groups excluding carboxylic acids is 2. The number of nitro benzene ring substituents is 1. The fourth-order valence-electron chi connectivity index (χ4n) is 2.28. The molecule has 0 aliphatic heterocycles. The molecule has 0 radical (unpaired) electrons. The van der Waals surface area contributed by atoms with Gasteiger partial charge >= 0.3 is 0 Å². The molecule has 0 aliphatic carbocycles. The standard InChI is InChI=1S/C18H19N3O5/c1-2-26-16-9-4-3-6-13(16)10-11-17(22)19-20-18(23)14-7-5-8-15(12-14)21(24)25/h3-9,12H,2,10-11H2,1H3,(H,19,22)(H,20,23). The third-order valence-electron chi connectivity index (χ3n) is 3.53. The van der Waals surface area contributed by atoms with Gasteiger partial charge in [0.15, 0.2) is 0 Å². The molecule has 136 valence electrons. The number of non-ortho nitro benzene ring substituents is 1. The first kappa shape index (κ1) is 18.9. The molecule has 26 heavy (non-hydrogen) atoms. The summed E-state index contributed by atoms with van der Waals surface area (Å²) < 4.78 is 5.50. The lowest BCUT2D eigenvalue weighted by Crippen LogP contribution is -2.41. The molecule has 8 heteroatoms. The molecule has 2 N–H and O–H groups in total. The average molecular weight is 357 g/mol. The Balaban J connectivity index is 1.86. The summed E-state index contributed by atoms with van der Waals surface area (Å²) in [6.07, 6.45) is 0.605. The van der Waals surface area contributed by atoms with Crippen molar-refractivity contribution in [3.05, 3.63) is 69.8 Å². The number of aryl methyl sites for hydroxylation is 1. The number of carbonyl (C=O) groups is 2. The van der Waals surface area contributed by atoms with Gasteiger partial charge in [0.05, 0.1) is 11.5 Å². The lowest BCUT2D eigenvalue weighted by molar-refractivity contribution is -0.384. The highest BCUT2D eigenvalue weighted by atomic mass is 16.6. The molecular formula is C18H19N3O5. The summed E-state index contributed by atoms with van der Waals surface area (Å²) in [6.45, 7) is 2.41. The van der Waals surface area contributed by atoms with Crippen LogP contribution in [0.5, 0.6) is 5.75 Å². The molecule has 0 saturated carbocycles. The van der Waals surface area contributed by atoms with Gasteiger partial charge in [-0.3, -0.25) is 30.6 Å². The lowest BCUT2D eigenvalue weighted by atomic mass is 10.1. The Hall–Kier alpha value is -3.42. The predicted octanol–water partition coefficient (Wildman–Crippen LogP) is 2.39. The molecule has 0 atom stereocenters. The lowest BCUT2D eigenvalue weighted by Gasteiger charge is -2.10. The van der Waals surface area contributed by atoms with E-state index in [0.717, 1.165) is 17.4 Å². The molecule has 0 fully saturated rings. The van der Waals surface area contributed by atoms with E-state index in [-0.39, 0.29) is 23.6 Å². The average Bonchev–Trinajstić information content (AvgIpc) is 2.65. The van der Waals surface area contributed by atoms with Crippen molar-refractivity contribution in [1.82, 2.24) is 10.9 Å². The molecule has 0 spiro atoms. The molecule has 2 amide bonds. The predicted molar refractivity (Wildman–Crippen MR) is 94.6 cm³/mol. The molecular weight excluding hydrogens is 338 g/mol. The summed E-state index contributed by atoms with van der Waals surface area (Å²) in [5.41, 5.74) is 5.34. The van der Waals surface area contributed by atoms with Gasteiger partial charge in [-0.2, -0.15) is 0 Å². The fourth-order valence-corrected chi connectivity index (χ4v) is 2.28. The number of nitrogens with one attached hydrogen (secondary N) is 2. The Morgan fingerprint density at radius 3 is 2.62 bits per heavy atom. The largest absolute Gasteiger partial charge is 0.494 e. The summed E-state index contributed by atoms with van der Waals surface area (Å²) in [5.74, 6) is -0.282. The van der Waals surface area contributed by atoms with E-state index in [1.807, 2.05) is 31.2 Å². The van der Waals surface area contributed by atoms with E-state index >= 15 is 0 Å². The second-order valence-electron chi connectivity index (χ2n) is 5.35. The molecule has 0 aromatic heterocycles. The second kappa shape index (κ2) is 9.16. The molecule has 0 unspecified atom stereocenters. The van der Waals surface area contributed by atoms with E-state index < -0.39 is 10.8 Å². The van der Waals surface area contributed by atoms with Crippen molar-refractivity contribution >= 4 is 17.5 Å². The number of amides is 2. The van der Waals surface area contributed by atoms with Crippen LogP contribution in [0.2, 0.25) is 0 Å². The van der Waals surface area contributed by atoms with Crippen molar-refractivity contribution in [1.29, 1.82) is 0 Å². The Kier molecular flexibility index (Phi) is 6.67. The van der Waals surface area contributed by atoms with Crippen LogP contribution in [0.1, 0.15) is 29.3 Å². The highest BCUT2D eigenvalue weighted by Crippen LogP contribution is 2.19.